The third-order valence-electron chi connectivity index (χ3n) is 4.46. The maximum Gasteiger partial charge on any atom is 0.0683 e. The molecule has 0 rings (SSSR count). The number of unbranched alkanes of at least 4 members (excludes halogenated alkanes) is 13. The van der Waals surface area contributed by atoms with Gasteiger partial charge >= 0.3 is 0 Å². The Morgan fingerprint density at radius 2 is 0.952 bits per heavy atom. The van der Waals surface area contributed by atoms with Crippen molar-refractivity contribution >= 4 is 0 Å². The third-order valence-corrected chi connectivity index (χ3v) is 4.46. The summed E-state index contributed by atoms with van der Waals surface area (Å²) in [4.78, 5) is 0. The van der Waals surface area contributed by atoms with E-state index in [-0.39, 0.29) is 5.41 Å². The Bertz CT molecular complexity index is 249. The molecule has 0 aliphatic heterocycles. The number of nitriles is 1. The van der Waals surface area contributed by atoms with Crippen molar-refractivity contribution in [3.63, 3.8) is 0 Å². The normalized spacial score (nSPS) is 11.5. The molecule has 124 valence electrons. The first-order chi connectivity index (χ1) is 10.1. The zero-order chi connectivity index (χ0) is 15.8. The molecule has 0 atom stereocenters. The Morgan fingerprint density at radius 3 is 1.29 bits per heavy atom. The number of hydrogen-bond donors (Lipinski definition) is 0. The van der Waals surface area contributed by atoms with Crippen LogP contribution in [0.4, 0.5) is 0 Å². The average Bonchev–Trinajstić information content (AvgIpc) is 2.47. The van der Waals surface area contributed by atoms with Crippen LogP contribution in [0, 0.1) is 16.7 Å². The average molecular weight is 294 g/mol. The van der Waals surface area contributed by atoms with Gasteiger partial charge in [-0.2, -0.15) is 5.26 Å². The minimum absolute atomic E-state index is 0.114. The molecule has 0 aliphatic rings. The Kier molecular flexibility index (Phi) is 14.1. The van der Waals surface area contributed by atoms with Crippen molar-refractivity contribution in [1.82, 2.24) is 0 Å². The fourth-order valence-corrected chi connectivity index (χ4v) is 2.82. The minimum atomic E-state index is -0.114. The molecule has 1 heteroatoms. The van der Waals surface area contributed by atoms with E-state index in [4.69, 9.17) is 5.26 Å². The summed E-state index contributed by atoms with van der Waals surface area (Å²) in [6, 6.07) is 2.39. The summed E-state index contributed by atoms with van der Waals surface area (Å²) < 4.78 is 0. The van der Waals surface area contributed by atoms with Crippen molar-refractivity contribution in [2.75, 3.05) is 0 Å². The van der Waals surface area contributed by atoms with Gasteiger partial charge < -0.3 is 0 Å². The van der Waals surface area contributed by atoms with Crippen molar-refractivity contribution in [3.05, 3.63) is 0 Å². The molecule has 0 N–H and O–H groups in total. The Morgan fingerprint density at radius 1 is 0.619 bits per heavy atom. The van der Waals surface area contributed by atoms with Crippen LogP contribution in [-0.4, -0.2) is 0 Å². The van der Waals surface area contributed by atoms with Crippen LogP contribution in [0.2, 0.25) is 0 Å². The highest BCUT2D eigenvalue weighted by Crippen LogP contribution is 2.22. The Hall–Kier alpha value is -0.510. The van der Waals surface area contributed by atoms with Gasteiger partial charge in [-0.15, -0.1) is 0 Å². The van der Waals surface area contributed by atoms with Gasteiger partial charge in [0.2, 0.25) is 0 Å². The van der Waals surface area contributed by atoms with Gasteiger partial charge in [0.25, 0.3) is 0 Å². The maximum absolute atomic E-state index is 8.95. The van der Waals surface area contributed by atoms with Gasteiger partial charge in [0, 0.05) is 0 Å². The quantitative estimate of drug-likeness (QED) is 0.288. The lowest BCUT2D eigenvalue weighted by Crippen LogP contribution is -2.06. The molecule has 0 bridgehead atoms. The fraction of sp³-hybridized carbons (Fsp3) is 0.950. The highest BCUT2D eigenvalue weighted by atomic mass is 14.3. The van der Waals surface area contributed by atoms with Crippen LogP contribution in [0.5, 0.6) is 0 Å². The lowest BCUT2D eigenvalue weighted by atomic mass is 9.88. The van der Waals surface area contributed by atoms with Crippen LogP contribution in [0.1, 0.15) is 117 Å². The number of hydrogen-bond acceptors (Lipinski definition) is 1. The smallest absolute Gasteiger partial charge is 0.0683 e. The second-order valence-electron chi connectivity index (χ2n) is 7.34. The van der Waals surface area contributed by atoms with Crippen LogP contribution >= 0.6 is 0 Å². The molecule has 0 saturated heterocycles. The van der Waals surface area contributed by atoms with Crippen LogP contribution in [0.25, 0.3) is 0 Å². The molecule has 0 heterocycles. The second-order valence-corrected chi connectivity index (χ2v) is 7.34. The SMILES string of the molecule is CCCCCCCCCCCCCCCCC(C)(C)C#N. The van der Waals surface area contributed by atoms with Crippen LogP contribution in [0.3, 0.4) is 0 Å². The molecule has 0 unspecified atom stereocenters. The first kappa shape index (κ1) is 20.5. The summed E-state index contributed by atoms with van der Waals surface area (Å²) in [6.45, 7) is 6.38. The van der Waals surface area contributed by atoms with E-state index < -0.39 is 0 Å². The molecule has 21 heavy (non-hydrogen) atoms. The highest BCUT2D eigenvalue weighted by molar-refractivity contribution is 4.91. The summed E-state index contributed by atoms with van der Waals surface area (Å²) in [5, 5.41) is 8.95. The molecule has 0 saturated carbocycles. The summed E-state index contributed by atoms with van der Waals surface area (Å²) in [5.74, 6) is 0. The van der Waals surface area contributed by atoms with Crippen molar-refractivity contribution in [2.24, 2.45) is 5.41 Å². The molecule has 1 nitrogen and oxygen atoms in total. The molecule has 0 radical (unpaired) electrons. The van der Waals surface area contributed by atoms with Crippen molar-refractivity contribution in [2.45, 2.75) is 117 Å². The highest BCUT2D eigenvalue weighted by Gasteiger charge is 2.14. The molecule has 0 amide bonds. The zero-order valence-corrected chi connectivity index (χ0v) is 15.1. The molecule has 0 spiro atoms. The van der Waals surface area contributed by atoms with E-state index >= 15 is 0 Å². The number of rotatable bonds is 15. The largest absolute Gasteiger partial charge is 0.198 e. The summed E-state index contributed by atoms with van der Waals surface area (Å²) in [7, 11) is 0. The molecular weight excluding hydrogens is 254 g/mol. The first-order valence-electron chi connectivity index (χ1n) is 9.53. The monoisotopic (exact) mass is 293 g/mol. The third kappa shape index (κ3) is 15.7. The van der Waals surface area contributed by atoms with E-state index in [0.717, 1.165) is 6.42 Å². The van der Waals surface area contributed by atoms with E-state index in [1.54, 1.807) is 0 Å². The van der Waals surface area contributed by atoms with Gasteiger partial charge in [-0.25, -0.2) is 0 Å². The standard InChI is InChI=1S/C20H39N/c1-4-5-6-7-8-9-10-11-12-13-14-15-16-17-18-20(2,3)19-21/h4-18H2,1-3H3. The predicted molar refractivity (Wildman–Crippen MR) is 94.3 cm³/mol. The maximum atomic E-state index is 8.95. The topological polar surface area (TPSA) is 23.8 Å². The lowest BCUT2D eigenvalue weighted by Gasteiger charge is -2.14. The second kappa shape index (κ2) is 14.4. The van der Waals surface area contributed by atoms with Crippen LogP contribution in [0.15, 0.2) is 0 Å². The van der Waals surface area contributed by atoms with Gasteiger partial charge in [0.05, 0.1) is 11.5 Å². The fourth-order valence-electron chi connectivity index (χ4n) is 2.82. The van der Waals surface area contributed by atoms with Gasteiger partial charge in [-0.05, 0) is 20.3 Å². The van der Waals surface area contributed by atoms with E-state index in [2.05, 4.69) is 26.8 Å². The van der Waals surface area contributed by atoms with Crippen molar-refractivity contribution in [3.8, 4) is 6.07 Å². The first-order valence-corrected chi connectivity index (χ1v) is 9.53. The Labute approximate surface area is 134 Å². The van der Waals surface area contributed by atoms with Gasteiger partial charge in [0.15, 0.2) is 0 Å². The van der Waals surface area contributed by atoms with Crippen LogP contribution < -0.4 is 0 Å². The molecule has 0 aromatic carbocycles. The zero-order valence-electron chi connectivity index (χ0n) is 15.1. The van der Waals surface area contributed by atoms with Crippen molar-refractivity contribution in [1.29, 1.82) is 5.26 Å². The Balaban J connectivity index is 3.08. The van der Waals surface area contributed by atoms with E-state index in [0.29, 0.717) is 0 Å². The lowest BCUT2D eigenvalue weighted by molar-refractivity contribution is 0.418. The summed E-state index contributed by atoms with van der Waals surface area (Å²) in [6.07, 6.45) is 20.6. The number of nitrogens with zero attached hydrogens (tertiary/aromatic N) is 1. The molecule has 0 aromatic rings. The molecule has 0 aromatic heterocycles. The van der Waals surface area contributed by atoms with E-state index in [9.17, 15) is 0 Å². The predicted octanol–water partition coefficient (Wildman–Crippen LogP) is 7.41. The minimum Gasteiger partial charge on any atom is -0.198 e. The van der Waals surface area contributed by atoms with Gasteiger partial charge in [-0.1, -0.05) is 96.8 Å². The van der Waals surface area contributed by atoms with E-state index in [1.807, 2.05) is 0 Å². The van der Waals surface area contributed by atoms with Crippen molar-refractivity contribution < 1.29 is 0 Å². The molecule has 0 aliphatic carbocycles. The van der Waals surface area contributed by atoms with E-state index in [1.165, 1.54) is 89.9 Å². The molecular formula is C20H39N. The summed E-state index contributed by atoms with van der Waals surface area (Å²) >= 11 is 0. The van der Waals surface area contributed by atoms with Crippen LogP contribution in [-0.2, 0) is 0 Å². The van der Waals surface area contributed by atoms with Gasteiger partial charge in [0.1, 0.15) is 0 Å². The summed E-state index contributed by atoms with van der Waals surface area (Å²) in [5.41, 5.74) is -0.114. The molecule has 0 fully saturated rings. The van der Waals surface area contributed by atoms with Gasteiger partial charge in [-0.3, -0.25) is 0 Å².